The van der Waals surface area contributed by atoms with Crippen molar-refractivity contribution < 1.29 is 19.1 Å². The van der Waals surface area contributed by atoms with Gasteiger partial charge in [-0.05, 0) is 42.2 Å². The first-order valence-electron chi connectivity index (χ1n) is 7.33. The first-order chi connectivity index (χ1) is 11.6. The maximum atomic E-state index is 12.5. The zero-order valence-electron chi connectivity index (χ0n) is 12.6. The van der Waals surface area contributed by atoms with Crippen LogP contribution in [0.3, 0.4) is 0 Å². The second-order valence-corrected chi connectivity index (χ2v) is 5.59. The van der Waals surface area contributed by atoms with Gasteiger partial charge in [0.05, 0.1) is 11.4 Å². The minimum Gasteiger partial charge on any atom is -0.289 e. The van der Waals surface area contributed by atoms with Gasteiger partial charge in [-0.1, -0.05) is 24.3 Å². The van der Waals surface area contributed by atoms with E-state index in [9.17, 15) is 14.1 Å². The average molecular weight is 349 g/mol. The van der Waals surface area contributed by atoms with Crippen molar-refractivity contribution in [3.8, 4) is 0 Å². The molecule has 3 rings (SSSR count). The Balaban J connectivity index is 2.11. The highest BCUT2D eigenvalue weighted by Crippen LogP contribution is 2.37. The highest BCUT2D eigenvalue weighted by Gasteiger charge is 2.25. The summed E-state index contributed by atoms with van der Waals surface area (Å²) in [4.78, 5) is 28.2. The van der Waals surface area contributed by atoms with E-state index in [-0.39, 0.29) is 11.8 Å². The lowest BCUT2D eigenvalue weighted by Crippen LogP contribution is -2.28. The number of rotatable bonds is 2. The Hall–Kier alpha value is -2.60. The van der Waals surface area contributed by atoms with Gasteiger partial charge in [-0.3, -0.25) is 15.0 Å². The average Bonchev–Trinajstić information content (AvgIpc) is 2.77. The first kappa shape index (κ1) is 16.3. The fourth-order valence-corrected chi connectivity index (χ4v) is 2.99. The summed E-state index contributed by atoms with van der Waals surface area (Å²) in [7, 11) is 0. The third kappa shape index (κ3) is 3.05. The van der Waals surface area contributed by atoms with Crippen LogP contribution in [0.25, 0.3) is 0 Å². The molecule has 0 fully saturated rings. The standard InChI is InChI=1S/C17H14ClFN2O3/c18-10-16(22)21-14-4-2-1-3-11(14)5-6-12-7-8-13(9-15(12)21)20-17(23)24-19/h1-4,7-9H,5-6,10H2,(H,20,23). The summed E-state index contributed by atoms with van der Waals surface area (Å²) in [5.41, 5.74) is 3.66. The van der Waals surface area contributed by atoms with Crippen molar-refractivity contribution in [2.75, 3.05) is 16.1 Å². The second kappa shape index (κ2) is 6.88. The molecule has 2 aromatic rings. The molecular formula is C17H14ClFN2O3. The molecule has 124 valence electrons. The largest absolute Gasteiger partial charge is 0.449 e. The molecule has 1 aliphatic rings. The Morgan fingerprint density at radius 3 is 2.54 bits per heavy atom. The number of alkyl halides is 1. The number of carbonyl (C=O) groups is 2. The number of carbonyl (C=O) groups excluding carboxylic acids is 2. The number of anilines is 3. The van der Waals surface area contributed by atoms with E-state index < -0.39 is 6.09 Å². The van der Waals surface area contributed by atoms with E-state index in [1.807, 2.05) is 24.3 Å². The highest BCUT2D eigenvalue weighted by atomic mass is 35.5. The van der Waals surface area contributed by atoms with Gasteiger partial charge in [0, 0.05) is 10.2 Å². The molecule has 0 aromatic heterocycles. The summed E-state index contributed by atoms with van der Waals surface area (Å²) in [6, 6.07) is 12.6. The molecule has 0 aliphatic carbocycles. The van der Waals surface area contributed by atoms with Crippen LogP contribution < -0.4 is 10.2 Å². The topological polar surface area (TPSA) is 58.6 Å². The number of hydrogen-bond donors (Lipinski definition) is 1. The summed E-state index contributed by atoms with van der Waals surface area (Å²) in [5, 5.41) is 2.26. The fourth-order valence-electron chi connectivity index (χ4n) is 2.87. The number of fused-ring (bicyclic) bond motifs is 2. The Morgan fingerprint density at radius 2 is 1.83 bits per heavy atom. The molecule has 0 saturated heterocycles. The van der Waals surface area contributed by atoms with Crippen molar-refractivity contribution in [1.29, 1.82) is 0 Å². The number of amides is 2. The van der Waals surface area contributed by atoms with Gasteiger partial charge in [0.2, 0.25) is 5.91 Å². The van der Waals surface area contributed by atoms with Gasteiger partial charge in [0.15, 0.2) is 0 Å². The Bertz CT molecular complexity index is 797. The number of aryl methyl sites for hydroxylation is 2. The molecule has 2 aromatic carbocycles. The molecule has 0 atom stereocenters. The Kier molecular flexibility index (Phi) is 4.66. The van der Waals surface area contributed by atoms with E-state index in [2.05, 4.69) is 10.3 Å². The monoisotopic (exact) mass is 348 g/mol. The molecule has 0 radical (unpaired) electrons. The zero-order valence-corrected chi connectivity index (χ0v) is 13.3. The number of para-hydroxylation sites is 1. The summed E-state index contributed by atoms with van der Waals surface area (Å²) in [5.74, 6) is -0.463. The van der Waals surface area contributed by atoms with Crippen LogP contribution in [0, 0.1) is 0 Å². The normalized spacial score (nSPS) is 12.7. The molecule has 1 N–H and O–H groups in total. The number of nitrogens with zero attached hydrogens (tertiary/aromatic N) is 1. The predicted molar refractivity (Wildman–Crippen MR) is 89.4 cm³/mol. The number of hydrogen-bond acceptors (Lipinski definition) is 3. The van der Waals surface area contributed by atoms with Gasteiger partial charge in [-0.25, -0.2) is 9.74 Å². The number of nitrogens with one attached hydrogen (secondary N) is 1. The first-order valence-corrected chi connectivity index (χ1v) is 7.87. The molecule has 0 spiro atoms. The van der Waals surface area contributed by atoms with E-state index in [1.54, 1.807) is 18.2 Å². The van der Waals surface area contributed by atoms with Crippen LogP contribution in [0.5, 0.6) is 0 Å². The quantitative estimate of drug-likeness (QED) is 0.830. The van der Waals surface area contributed by atoms with Crippen LogP contribution in [-0.4, -0.2) is 17.9 Å². The van der Waals surface area contributed by atoms with Crippen LogP contribution in [0.1, 0.15) is 11.1 Å². The smallest absolute Gasteiger partial charge is 0.289 e. The third-order valence-corrected chi connectivity index (χ3v) is 4.13. The van der Waals surface area contributed by atoms with Crippen molar-refractivity contribution in [2.45, 2.75) is 12.8 Å². The van der Waals surface area contributed by atoms with E-state index in [4.69, 9.17) is 11.6 Å². The Labute approximate surface area is 142 Å². The summed E-state index contributed by atoms with van der Waals surface area (Å²) in [6.07, 6.45) is 0.278. The molecule has 0 saturated carbocycles. The molecule has 7 heteroatoms. The van der Waals surface area contributed by atoms with Gasteiger partial charge in [-0.15, -0.1) is 11.6 Å². The van der Waals surface area contributed by atoms with Crippen molar-refractivity contribution in [2.24, 2.45) is 0 Å². The molecule has 2 amide bonds. The highest BCUT2D eigenvalue weighted by molar-refractivity contribution is 6.30. The summed E-state index contributed by atoms with van der Waals surface area (Å²) in [6.45, 7) is 0. The van der Waals surface area contributed by atoms with E-state index in [1.165, 1.54) is 4.90 Å². The minimum absolute atomic E-state index is 0.183. The van der Waals surface area contributed by atoms with Gasteiger partial charge >= 0.3 is 6.09 Å². The van der Waals surface area contributed by atoms with Crippen LogP contribution >= 0.6 is 11.6 Å². The molecule has 0 bridgehead atoms. The molecule has 0 unspecified atom stereocenters. The maximum Gasteiger partial charge on any atom is 0.449 e. The Morgan fingerprint density at radius 1 is 1.12 bits per heavy atom. The predicted octanol–water partition coefficient (Wildman–Crippen LogP) is 4.12. The molecular weight excluding hydrogens is 335 g/mol. The van der Waals surface area contributed by atoms with Crippen molar-refractivity contribution >= 4 is 40.7 Å². The van der Waals surface area contributed by atoms with Gasteiger partial charge < -0.3 is 0 Å². The summed E-state index contributed by atoms with van der Waals surface area (Å²) < 4.78 is 11.9. The SMILES string of the molecule is O=C(Nc1ccc2c(c1)N(C(=O)CCl)c1ccccc1CC2)OF. The molecule has 1 heterocycles. The lowest BCUT2D eigenvalue weighted by Gasteiger charge is -2.24. The molecule has 1 aliphatic heterocycles. The van der Waals surface area contributed by atoms with E-state index in [0.29, 0.717) is 11.4 Å². The van der Waals surface area contributed by atoms with E-state index >= 15 is 0 Å². The lowest BCUT2D eigenvalue weighted by molar-refractivity contribution is -0.115. The lowest BCUT2D eigenvalue weighted by atomic mass is 10.0. The van der Waals surface area contributed by atoms with Crippen LogP contribution in [0.2, 0.25) is 0 Å². The van der Waals surface area contributed by atoms with Crippen LogP contribution in [0.15, 0.2) is 42.5 Å². The number of halogens is 2. The fraction of sp³-hybridized carbons (Fsp3) is 0.176. The van der Waals surface area contributed by atoms with Crippen molar-refractivity contribution in [3.05, 3.63) is 53.6 Å². The minimum atomic E-state index is -1.22. The second-order valence-electron chi connectivity index (χ2n) is 5.32. The maximum absolute atomic E-state index is 12.5. The third-order valence-electron chi connectivity index (χ3n) is 3.90. The van der Waals surface area contributed by atoms with E-state index in [0.717, 1.165) is 29.7 Å². The molecule has 5 nitrogen and oxygen atoms in total. The van der Waals surface area contributed by atoms with Crippen LogP contribution in [-0.2, 0) is 22.6 Å². The summed E-state index contributed by atoms with van der Waals surface area (Å²) >= 11 is 5.79. The van der Waals surface area contributed by atoms with Crippen molar-refractivity contribution in [1.82, 2.24) is 0 Å². The molecule has 24 heavy (non-hydrogen) atoms. The van der Waals surface area contributed by atoms with Crippen molar-refractivity contribution in [3.63, 3.8) is 0 Å². The van der Waals surface area contributed by atoms with Gasteiger partial charge in [0.25, 0.3) is 0 Å². The number of benzene rings is 2. The van der Waals surface area contributed by atoms with Gasteiger partial charge in [-0.2, -0.15) is 0 Å². The zero-order chi connectivity index (χ0) is 17.1. The van der Waals surface area contributed by atoms with Crippen LogP contribution in [0.4, 0.5) is 26.4 Å². The van der Waals surface area contributed by atoms with Gasteiger partial charge in [0.1, 0.15) is 5.88 Å².